The van der Waals surface area contributed by atoms with Gasteiger partial charge in [-0.05, 0) is 20.8 Å². The maximum absolute atomic E-state index is 10.4. The number of hydrogen-bond acceptors (Lipinski definition) is 4. The first-order chi connectivity index (χ1) is 7.11. The van der Waals surface area contributed by atoms with Crippen LogP contribution >= 0.6 is 0 Å². The van der Waals surface area contributed by atoms with Gasteiger partial charge in [-0.15, -0.1) is 0 Å². The van der Waals surface area contributed by atoms with Gasteiger partial charge < -0.3 is 14.2 Å². The minimum atomic E-state index is -0.312. The predicted molar refractivity (Wildman–Crippen MR) is 64.4 cm³/mol. The molecule has 1 unspecified atom stereocenters. The highest BCUT2D eigenvalue weighted by Gasteiger charge is 2.21. The minimum absolute atomic E-state index is 0. The summed E-state index contributed by atoms with van der Waals surface area (Å²) < 4.78 is 14.5. The van der Waals surface area contributed by atoms with Gasteiger partial charge >= 0.3 is 5.97 Å². The standard InChI is InChI=1S/C6H10O2.C5H10O2.CH4/c1-4-8-6(7)5(2)3;1-2-6-3-5-4-7-5;/h2,4H2,1,3H3;5H,2-4H2,1H3;1H4. The number of hydrogen-bond donors (Lipinski definition) is 0. The fraction of sp³-hybridized carbons (Fsp3) is 0.750. The normalized spacial score (nSPS) is 16.3. The Hall–Kier alpha value is -0.870. The number of rotatable bonds is 5. The Labute approximate surface area is 98.6 Å². The quantitative estimate of drug-likeness (QED) is 0.414. The van der Waals surface area contributed by atoms with Crippen LogP contribution in [0.15, 0.2) is 12.2 Å². The molecule has 0 aromatic carbocycles. The van der Waals surface area contributed by atoms with E-state index in [4.69, 9.17) is 9.47 Å². The molecule has 1 rings (SSSR count). The number of esters is 1. The fourth-order valence-corrected chi connectivity index (χ4v) is 0.668. The van der Waals surface area contributed by atoms with Gasteiger partial charge in [-0.1, -0.05) is 14.0 Å². The molecule has 0 aromatic heterocycles. The van der Waals surface area contributed by atoms with Gasteiger partial charge in [0.1, 0.15) is 6.10 Å². The van der Waals surface area contributed by atoms with Gasteiger partial charge in [0, 0.05) is 12.2 Å². The molecule has 1 saturated heterocycles. The van der Waals surface area contributed by atoms with Crippen LogP contribution in [0.25, 0.3) is 0 Å². The Morgan fingerprint density at radius 2 is 2.00 bits per heavy atom. The summed E-state index contributed by atoms with van der Waals surface area (Å²) >= 11 is 0. The molecule has 1 aliphatic heterocycles. The van der Waals surface area contributed by atoms with E-state index in [1.165, 1.54) is 0 Å². The lowest BCUT2D eigenvalue weighted by molar-refractivity contribution is -0.138. The van der Waals surface area contributed by atoms with Crippen molar-refractivity contribution in [3.63, 3.8) is 0 Å². The molecule has 0 radical (unpaired) electrons. The SMILES string of the molecule is C.C=C(C)C(=O)OCC.CCOCC1CO1. The monoisotopic (exact) mass is 232 g/mol. The van der Waals surface area contributed by atoms with Crippen molar-refractivity contribution in [2.75, 3.05) is 26.4 Å². The number of ether oxygens (including phenoxy) is 3. The highest BCUT2D eigenvalue weighted by atomic mass is 16.6. The first-order valence-electron chi connectivity index (χ1n) is 5.13. The Kier molecular flexibility index (Phi) is 11.7. The smallest absolute Gasteiger partial charge is 0.333 e. The topological polar surface area (TPSA) is 48.1 Å². The summed E-state index contributed by atoms with van der Waals surface area (Å²) in [6.45, 7) is 11.7. The molecule has 16 heavy (non-hydrogen) atoms. The summed E-state index contributed by atoms with van der Waals surface area (Å²) in [5, 5.41) is 0. The van der Waals surface area contributed by atoms with Crippen LogP contribution in [0.3, 0.4) is 0 Å². The van der Waals surface area contributed by atoms with E-state index >= 15 is 0 Å². The lowest BCUT2D eigenvalue weighted by atomic mass is 10.4. The van der Waals surface area contributed by atoms with E-state index < -0.39 is 0 Å². The molecule has 0 amide bonds. The maximum Gasteiger partial charge on any atom is 0.333 e. The van der Waals surface area contributed by atoms with E-state index in [9.17, 15) is 4.79 Å². The third kappa shape index (κ3) is 11.2. The average Bonchev–Trinajstić information content (AvgIpc) is 2.99. The minimum Gasteiger partial charge on any atom is -0.463 e. The van der Waals surface area contributed by atoms with E-state index in [1.807, 2.05) is 6.92 Å². The van der Waals surface area contributed by atoms with Crippen LogP contribution < -0.4 is 0 Å². The van der Waals surface area contributed by atoms with Gasteiger partial charge in [0.2, 0.25) is 0 Å². The first-order valence-corrected chi connectivity index (χ1v) is 5.13. The highest BCUT2D eigenvalue weighted by molar-refractivity contribution is 5.86. The Balaban J connectivity index is 0. The van der Waals surface area contributed by atoms with Gasteiger partial charge in [-0.3, -0.25) is 0 Å². The van der Waals surface area contributed by atoms with Crippen molar-refractivity contribution in [2.45, 2.75) is 34.3 Å². The Morgan fingerprint density at radius 1 is 1.44 bits per heavy atom. The lowest BCUT2D eigenvalue weighted by Gasteiger charge is -1.96. The van der Waals surface area contributed by atoms with Crippen LogP contribution in [0.2, 0.25) is 0 Å². The predicted octanol–water partition coefficient (Wildman–Crippen LogP) is 2.18. The van der Waals surface area contributed by atoms with Crippen molar-refractivity contribution in [3.8, 4) is 0 Å². The fourth-order valence-electron chi connectivity index (χ4n) is 0.668. The van der Waals surface area contributed by atoms with E-state index in [-0.39, 0.29) is 13.4 Å². The zero-order valence-electron chi connectivity index (χ0n) is 9.75. The van der Waals surface area contributed by atoms with E-state index in [0.29, 0.717) is 18.3 Å². The lowest BCUT2D eigenvalue weighted by Crippen LogP contribution is -2.03. The second kappa shape index (κ2) is 10.6. The van der Waals surface area contributed by atoms with Crippen molar-refractivity contribution in [1.82, 2.24) is 0 Å². The van der Waals surface area contributed by atoms with E-state index in [1.54, 1.807) is 13.8 Å². The third-order valence-corrected chi connectivity index (χ3v) is 1.53. The molecule has 0 aromatic rings. The van der Waals surface area contributed by atoms with Crippen LogP contribution in [-0.2, 0) is 19.0 Å². The van der Waals surface area contributed by atoms with Crippen LogP contribution in [0, 0.1) is 0 Å². The third-order valence-electron chi connectivity index (χ3n) is 1.53. The zero-order chi connectivity index (χ0) is 11.7. The summed E-state index contributed by atoms with van der Waals surface area (Å²) in [5.41, 5.74) is 0.451. The molecule has 1 atom stereocenters. The van der Waals surface area contributed by atoms with E-state index in [2.05, 4.69) is 11.3 Å². The molecule has 96 valence electrons. The van der Waals surface area contributed by atoms with Gasteiger partial charge in [-0.25, -0.2) is 4.79 Å². The van der Waals surface area contributed by atoms with Crippen LogP contribution in [-0.4, -0.2) is 38.5 Å². The maximum atomic E-state index is 10.4. The van der Waals surface area contributed by atoms with Gasteiger partial charge in [0.25, 0.3) is 0 Å². The van der Waals surface area contributed by atoms with Crippen molar-refractivity contribution in [3.05, 3.63) is 12.2 Å². The molecule has 0 saturated carbocycles. The van der Waals surface area contributed by atoms with Crippen LogP contribution in [0.4, 0.5) is 0 Å². The number of carbonyl (C=O) groups is 1. The summed E-state index contributed by atoms with van der Waals surface area (Å²) in [5.74, 6) is -0.312. The van der Waals surface area contributed by atoms with Gasteiger partial charge in [0.15, 0.2) is 0 Å². The molecule has 0 bridgehead atoms. The second-order valence-corrected chi connectivity index (χ2v) is 3.12. The molecule has 4 nitrogen and oxygen atoms in total. The molecule has 1 aliphatic rings. The summed E-state index contributed by atoms with van der Waals surface area (Å²) in [4.78, 5) is 10.4. The molecular formula is C12H24O4. The summed E-state index contributed by atoms with van der Waals surface area (Å²) in [6, 6.07) is 0. The molecule has 0 N–H and O–H groups in total. The largest absolute Gasteiger partial charge is 0.463 e. The molecule has 1 heterocycles. The Morgan fingerprint density at radius 3 is 2.25 bits per heavy atom. The Bertz CT molecular complexity index is 197. The van der Waals surface area contributed by atoms with Crippen molar-refractivity contribution in [1.29, 1.82) is 0 Å². The van der Waals surface area contributed by atoms with Crippen molar-refractivity contribution >= 4 is 5.97 Å². The molecule has 0 aliphatic carbocycles. The van der Waals surface area contributed by atoms with Gasteiger partial charge in [0.05, 0.1) is 19.8 Å². The second-order valence-electron chi connectivity index (χ2n) is 3.12. The van der Waals surface area contributed by atoms with Gasteiger partial charge in [-0.2, -0.15) is 0 Å². The van der Waals surface area contributed by atoms with Crippen LogP contribution in [0.1, 0.15) is 28.2 Å². The molecule has 0 spiro atoms. The number of carbonyl (C=O) groups excluding carboxylic acids is 1. The zero-order valence-corrected chi connectivity index (χ0v) is 9.75. The molecular weight excluding hydrogens is 208 g/mol. The van der Waals surface area contributed by atoms with Crippen LogP contribution in [0.5, 0.6) is 0 Å². The number of epoxide rings is 1. The highest BCUT2D eigenvalue weighted by Crippen LogP contribution is 2.07. The van der Waals surface area contributed by atoms with Crippen molar-refractivity contribution in [2.24, 2.45) is 0 Å². The van der Waals surface area contributed by atoms with Crippen molar-refractivity contribution < 1.29 is 19.0 Å². The summed E-state index contributed by atoms with van der Waals surface area (Å²) in [7, 11) is 0. The molecule has 1 fully saturated rings. The van der Waals surface area contributed by atoms with E-state index in [0.717, 1.165) is 19.8 Å². The molecule has 4 heteroatoms. The summed E-state index contributed by atoms with van der Waals surface area (Å²) in [6.07, 6.45) is 0.431. The average molecular weight is 232 g/mol. The first kappa shape index (κ1) is 17.5.